The maximum atomic E-state index is 13.2. The molecule has 0 atom stereocenters. The Kier molecular flexibility index (Phi) is 6.03. The second-order valence-electron chi connectivity index (χ2n) is 7.73. The summed E-state index contributed by atoms with van der Waals surface area (Å²) in [6.45, 7) is 3.87. The van der Waals surface area contributed by atoms with E-state index in [1.54, 1.807) is 7.11 Å². The van der Waals surface area contributed by atoms with Crippen LogP contribution in [-0.2, 0) is 9.59 Å². The first-order valence-electron chi connectivity index (χ1n) is 10.4. The molecule has 1 heterocycles. The van der Waals surface area contributed by atoms with Crippen molar-refractivity contribution in [1.82, 2.24) is 0 Å². The van der Waals surface area contributed by atoms with Gasteiger partial charge in [-0.15, -0.1) is 0 Å². The molecule has 0 radical (unpaired) electrons. The van der Waals surface area contributed by atoms with Gasteiger partial charge in [0.1, 0.15) is 12.3 Å². The number of ether oxygens (including phenoxy) is 1. The Morgan fingerprint density at radius 1 is 1.03 bits per heavy atom. The van der Waals surface area contributed by atoms with E-state index >= 15 is 0 Å². The van der Waals surface area contributed by atoms with Crippen LogP contribution in [0.4, 0.5) is 17.1 Å². The quantitative estimate of drug-likeness (QED) is 0.635. The highest BCUT2D eigenvalue weighted by Gasteiger charge is 2.26. The highest BCUT2D eigenvalue weighted by Crippen LogP contribution is 2.33. The number of nitrogens with one attached hydrogen (secondary N) is 1. The van der Waals surface area contributed by atoms with Crippen molar-refractivity contribution in [1.29, 1.82) is 0 Å². The smallest absolute Gasteiger partial charge is 0.244 e. The molecule has 32 heavy (non-hydrogen) atoms. The second-order valence-corrected chi connectivity index (χ2v) is 7.73. The summed E-state index contributed by atoms with van der Waals surface area (Å²) in [5.41, 5.74) is 5.63. The molecule has 2 amide bonds. The lowest BCUT2D eigenvalue weighted by Crippen LogP contribution is -2.38. The standard InChI is InChI=1S/C26H25N3O3/c1-17-7-6-9-21(18(17)2)28-25(30)16-29-24-10-5-4-8-22(24)27-23(15-26(29)31)19-11-13-20(32-3)14-12-19/h4-14H,15-16H2,1-3H3,(H,28,30). The van der Waals surface area contributed by atoms with E-state index < -0.39 is 0 Å². The molecular formula is C26H25N3O3. The molecule has 6 nitrogen and oxygen atoms in total. The third-order valence-electron chi connectivity index (χ3n) is 5.65. The first-order chi connectivity index (χ1) is 15.5. The largest absolute Gasteiger partial charge is 0.497 e. The Balaban J connectivity index is 1.60. The molecule has 4 rings (SSSR count). The molecule has 0 aliphatic carbocycles. The number of carbonyl (C=O) groups excluding carboxylic acids is 2. The van der Waals surface area contributed by atoms with Crippen LogP contribution in [0.2, 0.25) is 0 Å². The van der Waals surface area contributed by atoms with E-state index in [0.717, 1.165) is 28.1 Å². The number of fused-ring (bicyclic) bond motifs is 1. The molecule has 1 aliphatic heterocycles. The van der Waals surface area contributed by atoms with E-state index in [0.29, 0.717) is 17.1 Å². The Morgan fingerprint density at radius 3 is 2.53 bits per heavy atom. The molecule has 3 aromatic rings. The van der Waals surface area contributed by atoms with Crippen LogP contribution < -0.4 is 15.0 Å². The summed E-state index contributed by atoms with van der Waals surface area (Å²) in [5.74, 6) is 0.301. The molecule has 162 valence electrons. The minimum absolute atomic E-state index is 0.0886. The zero-order valence-electron chi connectivity index (χ0n) is 18.4. The third kappa shape index (κ3) is 4.39. The summed E-state index contributed by atoms with van der Waals surface area (Å²) in [6.07, 6.45) is 0.0950. The van der Waals surface area contributed by atoms with E-state index in [1.165, 1.54) is 4.90 Å². The monoisotopic (exact) mass is 427 g/mol. The van der Waals surface area contributed by atoms with Crippen LogP contribution in [0.15, 0.2) is 71.7 Å². The van der Waals surface area contributed by atoms with Crippen molar-refractivity contribution in [3.63, 3.8) is 0 Å². The zero-order chi connectivity index (χ0) is 22.7. The number of hydrogen-bond acceptors (Lipinski definition) is 4. The van der Waals surface area contributed by atoms with Gasteiger partial charge in [-0.3, -0.25) is 14.6 Å². The summed E-state index contributed by atoms with van der Waals surface area (Å²) >= 11 is 0. The van der Waals surface area contributed by atoms with E-state index in [9.17, 15) is 9.59 Å². The molecule has 0 saturated heterocycles. The van der Waals surface area contributed by atoms with E-state index in [-0.39, 0.29) is 24.8 Å². The molecule has 0 bridgehead atoms. The van der Waals surface area contributed by atoms with Crippen LogP contribution in [0.25, 0.3) is 0 Å². The van der Waals surface area contributed by atoms with E-state index in [2.05, 4.69) is 5.32 Å². The van der Waals surface area contributed by atoms with Crippen molar-refractivity contribution in [2.24, 2.45) is 4.99 Å². The normalized spacial score (nSPS) is 13.2. The van der Waals surface area contributed by atoms with Crippen molar-refractivity contribution in [2.75, 3.05) is 23.9 Å². The second kappa shape index (κ2) is 9.06. The van der Waals surface area contributed by atoms with Crippen LogP contribution in [0.5, 0.6) is 5.75 Å². The van der Waals surface area contributed by atoms with Crippen molar-refractivity contribution < 1.29 is 14.3 Å². The van der Waals surface area contributed by atoms with Gasteiger partial charge in [-0.2, -0.15) is 0 Å². The number of benzene rings is 3. The maximum Gasteiger partial charge on any atom is 0.244 e. The lowest BCUT2D eigenvalue weighted by molar-refractivity contribution is -0.120. The number of nitrogens with zero attached hydrogens (tertiary/aromatic N) is 2. The Hall–Kier alpha value is -3.93. The van der Waals surface area contributed by atoms with Gasteiger partial charge < -0.3 is 15.0 Å². The predicted octanol–water partition coefficient (Wildman–Crippen LogP) is 4.81. The number of para-hydroxylation sites is 2. The lowest BCUT2D eigenvalue weighted by atomic mass is 10.1. The number of hydrogen-bond donors (Lipinski definition) is 1. The number of aliphatic imine (C=N–C) groups is 1. The molecule has 1 N–H and O–H groups in total. The van der Waals surface area contributed by atoms with Crippen LogP contribution >= 0.6 is 0 Å². The topological polar surface area (TPSA) is 71.0 Å². The maximum absolute atomic E-state index is 13.2. The summed E-state index contributed by atoms with van der Waals surface area (Å²) in [5, 5.41) is 2.94. The molecule has 0 aromatic heterocycles. The Morgan fingerprint density at radius 2 is 1.78 bits per heavy atom. The highest BCUT2D eigenvalue weighted by molar-refractivity contribution is 6.19. The molecule has 0 saturated carbocycles. The van der Waals surface area contributed by atoms with Crippen LogP contribution in [0.3, 0.4) is 0 Å². The number of amides is 2. The highest BCUT2D eigenvalue weighted by atomic mass is 16.5. The van der Waals surface area contributed by atoms with Crippen molar-refractivity contribution >= 4 is 34.6 Å². The fourth-order valence-corrected chi connectivity index (χ4v) is 3.69. The average Bonchev–Trinajstić information content (AvgIpc) is 2.93. The minimum atomic E-state index is -0.255. The first kappa shape index (κ1) is 21.3. The van der Waals surface area contributed by atoms with Gasteiger partial charge in [0.2, 0.25) is 11.8 Å². The lowest BCUT2D eigenvalue weighted by Gasteiger charge is -2.22. The average molecular weight is 428 g/mol. The van der Waals surface area contributed by atoms with Gasteiger partial charge in [-0.05, 0) is 73.0 Å². The van der Waals surface area contributed by atoms with Gasteiger partial charge in [0.05, 0.1) is 30.6 Å². The molecule has 0 unspecified atom stereocenters. The number of aryl methyl sites for hydroxylation is 1. The van der Waals surface area contributed by atoms with Crippen LogP contribution in [0.1, 0.15) is 23.1 Å². The van der Waals surface area contributed by atoms with Crippen molar-refractivity contribution in [3.8, 4) is 5.75 Å². The molecule has 1 aliphatic rings. The Bertz CT molecular complexity index is 1200. The number of anilines is 2. The van der Waals surface area contributed by atoms with E-state index in [4.69, 9.17) is 9.73 Å². The van der Waals surface area contributed by atoms with Crippen molar-refractivity contribution in [2.45, 2.75) is 20.3 Å². The SMILES string of the molecule is COc1ccc(C2=Nc3ccccc3N(CC(=O)Nc3cccc(C)c3C)C(=O)C2)cc1. The van der Waals surface area contributed by atoms with Crippen LogP contribution in [-0.4, -0.2) is 31.2 Å². The van der Waals surface area contributed by atoms with Gasteiger partial charge >= 0.3 is 0 Å². The summed E-state index contributed by atoms with van der Waals surface area (Å²) in [6, 6.07) is 20.6. The molecular weight excluding hydrogens is 402 g/mol. The predicted molar refractivity (Wildman–Crippen MR) is 127 cm³/mol. The third-order valence-corrected chi connectivity index (χ3v) is 5.65. The first-order valence-corrected chi connectivity index (χ1v) is 10.4. The number of rotatable bonds is 5. The zero-order valence-corrected chi connectivity index (χ0v) is 18.4. The van der Waals surface area contributed by atoms with Crippen LogP contribution in [0, 0.1) is 13.8 Å². The fraction of sp³-hybridized carbons (Fsp3) is 0.192. The van der Waals surface area contributed by atoms with Gasteiger partial charge in [-0.25, -0.2) is 0 Å². The van der Waals surface area contributed by atoms with Crippen molar-refractivity contribution in [3.05, 3.63) is 83.4 Å². The summed E-state index contributed by atoms with van der Waals surface area (Å²) in [7, 11) is 1.61. The Labute approximate surface area is 187 Å². The summed E-state index contributed by atoms with van der Waals surface area (Å²) in [4.78, 5) is 32.4. The minimum Gasteiger partial charge on any atom is -0.497 e. The molecule has 0 spiro atoms. The van der Waals surface area contributed by atoms with Gasteiger partial charge in [-0.1, -0.05) is 24.3 Å². The van der Waals surface area contributed by atoms with Gasteiger partial charge in [0, 0.05) is 5.69 Å². The molecule has 3 aromatic carbocycles. The molecule has 6 heteroatoms. The fourth-order valence-electron chi connectivity index (χ4n) is 3.69. The van der Waals surface area contributed by atoms with Gasteiger partial charge in [0.25, 0.3) is 0 Å². The number of carbonyl (C=O) groups is 2. The molecule has 0 fully saturated rings. The summed E-state index contributed by atoms with van der Waals surface area (Å²) < 4.78 is 5.22. The van der Waals surface area contributed by atoms with E-state index in [1.807, 2.05) is 80.6 Å². The number of methoxy groups -OCH3 is 1. The van der Waals surface area contributed by atoms with Gasteiger partial charge in [0.15, 0.2) is 0 Å².